The molecule has 0 aromatic carbocycles. The SMILES string of the molecule is CC(C)C1NC2(CCCC2)C(=O)N1CCN1CCSCC1. The van der Waals surface area contributed by atoms with Crippen LogP contribution in [0.3, 0.4) is 0 Å². The third-order valence-electron chi connectivity index (χ3n) is 5.28. The zero-order valence-corrected chi connectivity index (χ0v) is 14.3. The molecule has 0 bridgehead atoms. The van der Waals surface area contributed by atoms with Gasteiger partial charge in [-0.25, -0.2) is 0 Å². The molecule has 3 rings (SSSR count). The Morgan fingerprint density at radius 3 is 2.52 bits per heavy atom. The number of thioether (sulfide) groups is 1. The van der Waals surface area contributed by atoms with Crippen molar-refractivity contribution in [2.45, 2.75) is 51.2 Å². The van der Waals surface area contributed by atoms with Gasteiger partial charge in [0.05, 0.1) is 11.7 Å². The molecule has 4 nitrogen and oxygen atoms in total. The van der Waals surface area contributed by atoms with Crippen molar-refractivity contribution in [1.82, 2.24) is 15.1 Å². The molecule has 2 saturated heterocycles. The molecule has 2 aliphatic heterocycles. The molecule has 1 spiro atoms. The number of hydrogen-bond acceptors (Lipinski definition) is 4. The summed E-state index contributed by atoms with van der Waals surface area (Å²) in [6.45, 7) is 8.73. The lowest BCUT2D eigenvalue weighted by Crippen LogP contribution is -2.46. The molecule has 1 aliphatic carbocycles. The highest BCUT2D eigenvalue weighted by Gasteiger charge is 2.52. The van der Waals surface area contributed by atoms with E-state index in [1.54, 1.807) is 0 Å². The van der Waals surface area contributed by atoms with Crippen molar-refractivity contribution in [2.75, 3.05) is 37.7 Å². The average Bonchev–Trinajstić information content (AvgIpc) is 3.06. The summed E-state index contributed by atoms with van der Waals surface area (Å²) >= 11 is 2.04. The molecule has 0 aromatic rings. The van der Waals surface area contributed by atoms with E-state index in [9.17, 15) is 4.79 Å². The number of nitrogens with zero attached hydrogens (tertiary/aromatic N) is 2. The number of carbonyl (C=O) groups is 1. The van der Waals surface area contributed by atoms with Crippen LogP contribution in [0.15, 0.2) is 0 Å². The lowest BCUT2D eigenvalue weighted by atomic mass is 9.98. The average molecular weight is 311 g/mol. The van der Waals surface area contributed by atoms with E-state index in [4.69, 9.17) is 0 Å². The van der Waals surface area contributed by atoms with Gasteiger partial charge in [0.1, 0.15) is 0 Å². The van der Waals surface area contributed by atoms with Gasteiger partial charge >= 0.3 is 0 Å². The first-order valence-electron chi connectivity index (χ1n) is 8.51. The standard InChI is InChI=1S/C16H29N3OS/c1-13(2)14-17-16(5-3-4-6-16)15(20)19(14)8-7-18-9-11-21-12-10-18/h13-14,17H,3-12H2,1-2H3. The summed E-state index contributed by atoms with van der Waals surface area (Å²) in [5.41, 5.74) is -0.216. The van der Waals surface area contributed by atoms with Crippen LogP contribution in [0.4, 0.5) is 0 Å². The van der Waals surface area contributed by atoms with Gasteiger partial charge in [-0.15, -0.1) is 0 Å². The zero-order valence-electron chi connectivity index (χ0n) is 13.4. The number of carbonyl (C=O) groups excluding carboxylic acids is 1. The van der Waals surface area contributed by atoms with Crippen LogP contribution < -0.4 is 5.32 Å². The number of hydrogen-bond donors (Lipinski definition) is 1. The van der Waals surface area contributed by atoms with Crippen LogP contribution in [0, 0.1) is 5.92 Å². The van der Waals surface area contributed by atoms with Crippen molar-refractivity contribution < 1.29 is 4.79 Å². The molecule has 3 aliphatic rings. The Morgan fingerprint density at radius 2 is 1.90 bits per heavy atom. The molecular formula is C16H29N3OS. The number of rotatable bonds is 4. The van der Waals surface area contributed by atoms with Crippen LogP contribution in [0.1, 0.15) is 39.5 Å². The van der Waals surface area contributed by atoms with Crippen LogP contribution >= 0.6 is 11.8 Å². The molecule has 1 saturated carbocycles. The minimum Gasteiger partial charge on any atom is -0.324 e. The first-order valence-corrected chi connectivity index (χ1v) is 9.67. The zero-order chi connectivity index (χ0) is 14.9. The molecule has 0 aromatic heterocycles. The normalized spacial score (nSPS) is 30.0. The predicted molar refractivity (Wildman–Crippen MR) is 88.4 cm³/mol. The smallest absolute Gasteiger partial charge is 0.244 e. The van der Waals surface area contributed by atoms with Crippen molar-refractivity contribution in [3.8, 4) is 0 Å². The number of nitrogens with one attached hydrogen (secondary N) is 1. The van der Waals surface area contributed by atoms with Gasteiger partial charge < -0.3 is 4.90 Å². The molecule has 5 heteroatoms. The molecule has 0 radical (unpaired) electrons. The van der Waals surface area contributed by atoms with E-state index < -0.39 is 0 Å². The van der Waals surface area contributed by atoms with E-state index >= 15 is 0 Å². The van der Waals surface area contributed by atoms with Crippen molar-refractivity contribution in [2.24, 2.45) is 5.92 Å². The van der Waals surface area contributed by atoms with Gasteiger partial charge in [0.25, 0.3) is 0 Å². The molecule has 3 fully saturated rings. The van der Waals surface area contributed by atoms with Crippen LogP contribution in [-0.2, 0) is 4.79 Å². The van der Waals surface area contributed by atoms with Gasteiger partial charge in [0, 0.05) is 37.7 Å². The van der Waals surface area contributed by atoms with E-state index in [-0.39, 0.29) is 11.7 Å². The third kappa shape index (κ3) is 3.10. The largest absolute Gasteiger partial charge is 0.324 e. The van der Waals surface area contributed by atoms with E-state index in [0.717, 1.165) is 25.9 Å². The Labute approximate surface area is 133 Å². The molecule has 1 atom stereocenters. The van der Waals surface area contributed by atoms with Crippen molar-refractivity contribution in [3.05, 3.63) is 0 Å². The van der Waals surface area contributed by atoms with Gasteiger partial charge in [-0.3, -0.25) is 15.0 Å². The fourth-order valence-corrected chi connectivity index (χ4v) is 4.98. The van der Waals surface area contributed by atoms with E-state index in [2.05, 4.69) is 29.0 Å². The fraction of sp³-hybridized carbons (Fsp3) is 0.938. The van der Waals surface area contributed by atoms with Crippen LogP contribution in [0.5, 0.6) is 0 Å². The summed E-state index contributed by atoms with van der Waals surface area (Å²) in [5.74, 6) is 3.34. The lowest BCUT2D eigenvalue weighted by molar-refractivity contribution is -0.133. The monoisotopic (exact) mass is 311 g/mol. The van der Waals surface area contributed by atoms with Crippen molar-refractivity contribution >= 4 is 17.7 Å². The summed E-state index contributed by atoms with van der Waals surface area (Å²) < 4.78 is 0. The molecule has 2 heterocycles. The van der Waals surface area contributed by atoms with Crippen molar-refractivity contribution in [3.63, 3.8) is 0 Å². The Kier molecular flexibility index (Phi) is 4.81. The summed E-state index contributed by atoms with van der Waals surface area (Å²) in [5, 5.41) is 3.71. The highest BCUT2D eigenvalue weighted by Crippen LogP contribution is 2.37. The maximum Gasteiger partial charge on any atom is 0.244 e. The second kappa shape index (κ2) is 6.47. The highest BCUT2D eigenvalue weighted by molar-refractivity contribution is 7.99. The van der Waals surface area contributed by atoms with Gasteiger partial charge in [-0.1, -0.05) is 26.7 Å². The fourth-order valence-electron chi connectivity index (χ4n) is 4.00. The van der Waals surface area contributed by atoms with E-state index in [1.807, 2.05) is 11.8 Å². The second-order valence-corrected chi connectivity index (χ2v) is 8.30. The van der Waals surface area contributed by atoms with Gasteiger partial charge in [-0.05, 0) is 18.8 Å². The van der Waals surface area contributed by atoms with Crippen LogP contribution in [-0.4, -0.2) is 65.1 Å². The first-order chi connectivity index (χ1) is 10.1. The summed E-state index contributed by atoms with van der Waals surface area (Å²) in [6, 6.07) is 0. The van der Waals surface area contributed by atoms with E-state index in [0.29, 0.717) is 11.8 Å². The van der Waals surface area contributed by atoms with Crippen molar-refractivity contribution in [1.29, 1.82) is 0 Å². The van der Waals surface area contributed by atoms with E-state index in [1.165, 1.54) is 37.4 Å². The topological polar surface area (TPSA) is 35.6 Å². The third-order valence-corrected chi connectivity index (χ3v) is 6.22. The molecule has 120 valence electrons. The Balaban J connectivity index is 1.64. The second-order valence-electron chi connectivity index (χ2n) is 7.07. The maximum absolute atomic E-state index is 13.0. The molecule has 21 heavy (non-hydrogen) atoms. The van der Waals surface area contributed by atoms with Gasteiger partial charge in [0.15, 0.2) is 0 Å². The molecule has 1 amide bonds. The van der Waals surface area contributed by atoms with Crippen LogP contribution in [0.25, 0.3) is 0 Å². The molecular weight excluding hydrogens is 282 g/mol. The van der Waals surface area contributed by atoms with Crippen LogP contribution in [0.2, 0.25) is 0 Å². The maximum atomic E-state index is 13.0. The minimum atomic E-state index is -0.216. The summed E-state index contributed by atoms with van der Waals surface area (Å²) in [4.78, 5) is 17.6. The minimum absolute atomic E-state index is 0.216. The Hall–Kier alpha value is -0.260. The summed E-state index contributed by atoms with van der Waals surface area (Å²) in [6.07, 6.45) is 4.69. The quantitative estimate of drug-likeness (QED) is 0.858. The Bertz CT molecular complexity index is 376. The summed E-state index contributed by atoms with van der Waals surface area (Å²) in [7, 11) is 0. The number of amides is 1. The Morgan fingerprint density at radius 1 is 1.24 bits per heavy atom. The van der Waals surface area contributed by atoms with Gasteiger partial charge in [-0.2, -0.15) is 11.8 Å². The molecule has 1 unspecified atom stereocenters. The first kappa shape index (κ1) is 15.6. The molecule has 1 N–H and O–H groups in total. The highest BCUT2D eigenvalue weighted by atomic mass is 32.2. The van der Waals surface area contributed by atoms with Gasteiger partial charge in [0.2, 0.25) is 5.91 Å². The lowest BCUT2D eigenvalue weighted by Gasteiger charge is -2.31. The predicted octanol–water partition coefficient (Wildman–Crippen LogP) is 1.76.